The smallest absolute Gasteiger partial charge is 0.223 e. The first-order valence-corrected chi connectivity index (χ1v) is 7.43. The van der Waals surface area contributed by atoms with Crippen LogP contribution in [0.3, 0.4) is 0 Å². The van der Waals surface area contributed by atoms with Crippen LogP contribution in [0, 0.1) is 5.92 Å². The second kappa shape index (κ2) is 6.07. The Hall–Kier alpha value is -1.84. The summed E-state index contributed by atoms with van der Waals surface area (Å²) in [7, 11) is 0. The fraction of sp³-hybridized carbons (Fsp3) is 0.500. The van der Waals surface area contributed by atoms with E-state index in [1.54, 1.807) is 0 Å². The third kappa shape index (κ3) is 3.00. The number of rotatable bonds is 4. The lowest BCUT2D eigenvalue weighted by Crippen LogP contribution is -2.33. The van der Waals surface area contributed by atoms with E-state index in [1.807, 2.05) is 18.2 Å². The minimum Gasteiger partial charge on any atom is -0.443 e. The third-order valence-electron chi connectivity index (χ3n) is 4.08. The lowest BCUT2D eigenvalue weighted by molar-refractivity contribution is -0.125. The maximum absolute atomic E-state index is 12.0. The van der Waals surface area contributed by atoms with E-state index in [0.717, 1.165) is 30.4 Å². The van der Waals surface area contributed by atoms with Gasteiger partial charge in [-0.2, -0.15) is 0 Å². The number of oxazole rings is 1. The zero-order valence-electron chi connectivity index (χ0n) is 11.6. The van der Waals surface area contributed by atoms with Gasteiger partial charge < -0.3 is 9.73 Å². The van der Waals surface area contributed by atoms with Gasteiger partial charge in [-0.15, -0.1) is 0 Å². The zero-order chi connectivity index (χ0) is 13.8. The second-order valence-electron chi connectivity index (χ2n) is 5.53. The Morgan fingerprint density at radius 3 is 3.00 bits per heavy atom. The van der Waals surface area contributed by atoms with Crippen LogP contribution in [0.15, 0.2) is 29.0 Å². The number of carbonyl (C=O) groups excluding carboxylic acids is 1. The lowest BCUT2D eigenvalue weighted by atomic mass is 9.88. The summed E-state index contributed by atoms with van der Waals surface area (Å²) in [6.45, 7) is 0.693. The SMILES string of the molecule is O=C(NCCc1ccc2ocnc2c1)C1CCCCC1. The summed E-state index contributed by atoms with van der Waals surface area (Å²) in [5, 5.41) is 3.06. The Morgan fingerprint density at radius 2 is 2.15 bits per heavy atom. The zero-order valence-corrected chi connectivity index (χ0v) is 11.6. The van der Waals surface area contributed by atoms with Gasteiger partial charge in [-0.05, 0) is 37.0 Å². The van der Waals surface area contributed by atoms with E-state index in [1.165, 1.54) is 31.2 Å². The molecule has 0 saturated heterocycles. The maximum atomic E-state index is 12.0. The number of hydrogen-bond donors (Lipinski definition) is 1. The highest BCUT2D eigenvalue weighted by molar-refractivity contribution is 5.78. The Bertz CT molecular complexity index is 585. The molecule has 0 unspecified atom stereocenters. The highest BCUT2D eigenvalue weighted by Gasteiger charge is 2.20. The molecular formula is C16H20N2O2. The maximum Gasteiger partial charge on any atom is 0.223 e. The van der Waals surface area contributed by atoms with E-state index in [9.17, 15) is 4.79 Å². The van der Waals surface area contributed by atoms with Gasteiger partial charge in [0.05, 0.1) is 0 Å². The van der Waals surface area contributed by atoms with Crippen molar-refractivity contribution in [3.8, 4) is 0 Å². The number of carbonyl (C=O) groups is 1. The minimum absolute atomic E-state index is 0.229. The molecule has 2 aromatic rings. The lowest BCUT2D eigenvalue weighted by Gasteiger charge is -2.20. The molecule has 20 heavy (non-hydrogen) atoms. The summed E-state index contributed by atoms with van der Waals surface area (Å²) < 4.78 is 5.21. The van der Waals surface area contributed by atoms with Gasteiger partial charge >= 0.3 is 0 Å². The number of nitrogens with zero attached hydrogens (tertiary/aromatic N) is 1. The summed E-state index contributed by atoms with van der Waals surface area (Å²) in [6.07, 6.45) is 8.07. The first kappa shape index (κ1) is 13.2. The van der Waals surface area contributed by atoms with E-state index in [0.29, 0.717) is 6.54 Å². The van der Waals surface area contributed by atoms with Crippen LogP contribution < -0.4 is 5.32 Å². The van der Waals surface area contributed by atoms with E-state index in [2.05, 4.69) is 10.3 Å². The number of amides is 1. The molecule has 3 rings (SSSR count). The molecule has 1 amide bonds. The van der Waals surface area contributed by atoms with Crippen LogP contribution in [0.4, 0.5) is 0 Å². The Labute approximate surface area is 118 Å². The number of hydrogen-bond acceptors (Lipinski definition) is 3. The van der Waals surface area contributed by atoms with Crippen LogP contribution in [0.5, 0.6) is 0 Å². The van der Waals surface area contributed by atoms with Crippen molar-refractivity contribution >= 4 is 17.0 Å². The van der Waals surface area contributed by atoms with Crippen LogP contribution in [0.25, 0.3) is 11.1 Å². The summed E-state index contributed by atoms with van der Waals surface area (Å²) in [6, 6.07) is 5.98. The summed E-state index contributed by atoms with van der Waals surface area (Å²) in [5.41, 5.74) is 2.86. The number of fused-ring (bicyclic) bond motifs is 1. The molecular weight excluding hydrogens is 252 g/mol. The molecule has 1 aliphatic carbocycles. The van der Waals surface area contributed by atoms with Gasteiger partial charge in [-0.3, -0.25) is 4.79 Å². The molecule has 1 saturated carbocycles. The molecule has 4 heteroatoms. The molecule has 106 valence electrons. The summed E-state index contributed by atoms with van der Waals surface area (Å²) in [4.78, 5) is 16.2. The van der Waals surface area contributed by atoms with E-state index in [-0.39, 0.29) is 11.8 Å². The summed E-state index contributed by atoms with van der Waals surface area (Å²) in [5.74, 6) is 0.467. The topological polar surface area (TPSA) is 55.1 Å². The number of aromatic nitrogens is 1. The van der Waals surface area contributed by atoms with Crippen LogP contribution in [0.1, 0.15) is 37.7 Å². The van der Waals surface area contributed by atoms with E-state index in [4.69, 9.17) is 4.42 Å². The molecule has 1 aromatic carbocycles. The standard InChI is InChI=1S/C16H20N2O2/c19-16(13-4-2-1-3-5-13)17-9-8-12-6-7-15-14(10-12)18-11-20-15/h6-7,10-11,13H,1-5,8-9H2,(H,17,19). The third-order valence-corrected chi connectivity index (χ3v) is 4.08. The van der Waals surface area contributed by atoms with Gasteiger partial charge in [-0.25, -0.2) is 4.98 Å². The van der Waals surface area contributed by atoms with Crippen molar-refractivity contribution in [2.24, 2.45) is 5.92 Å². The predicted octanol–water partition coefficient (Wildman–Crippen LogP) is 3.07. The predicted molar refractivity (Wildman–Crippen MR) is 77.3 cm³/mol. The van der Waals surface area contributed by atoms with Gasteiger partial charge in [0.25, 0.3) is 0 Å². The van der Waals surface area contributed by atoms with Crippen molar-refractivity contribution in [1.29, 1.82) is 0 Å². The highest BCUT2D eigenvalue weighted by Crippen LogP contribution is 2.23. The van der Waals surface area contributed by atoms with Crippen molar-refractivity contribution in [3.05, 3.63) is 30.2 Å². The Morgan fingerprint density at radius 1 is 1.30 bits per heavy atom. The van der Waals surface area contributed by atoms with Crippen LogP contribution in [-0.4, -0.2) is 17.4 Å². The molecule has 1 aliphatic rings. The van der Waals surface area contributed by atoms with Gasteiger partial charge in [0, 0.05) is 12.5 Å². The van der Waals surface area contributed by atoms with Crippen LogP contribution in [-0.2, 0) is 11.2 Å². The Balaban J connectivity index is 1.50. The number of benzene rings is 1. The molecule has 0 bridgehead atoms. The molecule has 0 aliphatic heterocycles. The highest BCUT2D eigenvalue weighted by atomic mass is 16.3. The minimum atomic E-state index is 0.229. The quantitative estimate of drug-likeness (QED) is 0.930. The van der Waals surface area contributed by atoms with Crippen molar-refractivity contribution < 1.29 is 9.21 Å². The van der Waals surface area contributed by atoms with Gasteiger partial charge in [0.2, 0.25) is 5.91 Å². The molecule has 0 radical (unpaired) electrons. The molecule has 1 aromatic heterocycles. The van der Waals surface area contributed by atoms with Crippen molar-refractivity contribution in [2.75, 3.05) is 6.54 Å². The van der Waals surface area contributed by atoms with Gasteiger partial charge in [0.1, 0.15) is 5.52 Å². The molecule has 1 heterocycles. The first-order valence-electron chi connectivity index (χ1n) is 7.43. The van der Waals surface area contributed by atoms with Gasteiger partial charge in [0.15, 0.2) is 12.0 Å². The van der Waals surface area contributed by atoms with E-state index < -0.39 is 0 Å². The van der Waals surface area contributed by atoms with Crippen LogP contribution >= 0.6 is 0 Å². The van der Waals surface area contributed by atoms with Gasteiger partial charge in [-0.1, -0.05) is 25.3 Å². The molecule has 1 fully saturated rings. The molecule has 0 atom stereocenters. The molecule has 4 nitrogen and oxygen atoms in total. The summed E-state index contributed by atoms with van der Waals surface area (Å²) >= 11 is 0. The van der Waals surface area contributed by atoms with E-state index >= 15 is 0 Å². The van der Waals surface area contributed by atoms with Crippen molar-refractivity contribution in [1.82, 2.24) is 10.3 Å². The van der Waals surface area contributed by atoms with Crippen LogP contribution in [0.2, 0.25) is 0 Å². The average Bonchev–Trinajstić information content (AvgIpc) is 2.95. The normalized spacial score (nSPS) is 16.4. The fourth-order valence-corrected chi connectivity index (χ4v) is 2.90. The molecule has 1 N–H and O–H groups in total. The number of nitrogens with one attached hydrogen (secondary N) is 1. The largest absolute Gasteiger partial charge is 0.443 e. The Kier molecular flexibility index (Phi) is 4.00. The fourth-order valence-electron chi connectivity index (χ4n) is 2.90. The van der Waals surface area contributed by atoms with Crippen molar-refractivity contribution in [3.63, 3.8) is 0 Å². The molecule has 0 spiro atoms. The first-order chi connectivity index (χ1) is 9.83. The average molecular weight is 272 g/mol. The van der Waals surface area contributed by atoms with Crippen molar-refractivity contribution in [2.45, 2.75) is 38.5 Å². The monoisotopic (exact) mass is 272 g/mol. The second-order valence-corrected chi connectivity index (χ2v) is 5.53.